The molecule has 0 saturated heterocycles. The van der Waals surface area contributed by atoms with E-state index in [2.05, 4.69) is 10.6 Å². The Labute approximate surface area is 282 Å². The maximum absolute atomic E-state index is 14.2. The summed E-state index contributed by atoms with van der Waals surface area (Å²) in [6, 6.07) is -3.65. The topological polar surface area (TPSA) is 212 Å². The molecule has 2 aliphatic rings. The van der Waals surface area contributed by atoms with Crippen molar-refractivity contribution in [2.75, 3.05) is 19.6 Å². The van der Waals surface area contributed by atoms with Gasteiger partial charge in [0.05, 0.1) is 6.04 Å². The van der Waals surface area contributed by atoms with Crippen LogP contribution < -0.4 is 10.6 Å². The Balaban J connectivity index is 2.22. The van der Waals surface area contributed by atoms with E-state index in [0.717, 1.165) is 37.0 Å². The lowest BCUT2D eigenvalue weighted by Gasteiger charge is -2.37. The molecule has 0 bridgehead atoms. The zero-order valence-electron chi connectivity index (χ0n) is 29.0. The first-order valence-electron chi connectivity index (χ1n) is 16.7. The van der Waals surface area contributed by atoms with Crippen molar-refractivity contribution in [2.45, 2.75) is 135 Å². The molecule has 1 unspecified atom stereocenters. The summed E-state index contributed by atoms with van der Waals surface area (Å²) in [5, 5.41) is 34.7. The van der Waals surface area contributed by atoms with E-state index in [1.54, 1.807) is 47.6 Å². The molecule has 4 amide bonds. The fraction of sp³-hybridized carbons (Fsp3) is 0.758. The quantitative estimate of drug-likeness (QED) is 0.125. The number of carbonyl (C=O) groups excluding carboxylic acids is 4. The summed E-state index contributed by atoms with van der Waals surface area (Å²) in [7, 11) is 0. The number of amides is 4. The number of aliphatic hydroxyl groups excluding tert-OH is 1. The number of aliphatic carboxylic acids is 2. The van der Waals surface area contributed by atoms with Gasteiger partial charge in [-0.05, 0) is 73.1 Å². The Bertz CT molecular complexity index is 1170. The Kier molecular flexibility index (Phi) is 15.1. The number of carbonyl (C=O) groups is 6. The van der Waals surface area contributed by atoms with Gasteiger partial charge in [0.25, 0.3) is 0 Å². The summed E-state index contributed by atoms with van der Waals surface area (Å²) >= 11 is 0. The highest BCUT2D eigenvalue weighted by Gasteiger charge is 2.42. The minimum atomic E-state index is -1.94. The summed E-state index contributed by atoms with van der Waals surface area (Å²) < 4.78 is 10.7. The fourth-order valence-corrected chi connectivity index (χ4v) is 5.78. The third kappa shape index (κ3) is 13.7. The molecule has 48 heavy (non-hydrogen) atoms. The number of unbranched alkanes of at least 4 members (excludes halogenated alkanes) is 1. The van der Waals surface area contributed by atoms with Crippen LogP contribution in [0.5, 0.6) is 0 Å². The van der Waals surface area contributed by atoms with E-state index in [1.165, 1.54) is 11.0 Å². The maximum atomic E-state index is 14.2. The smallest absolute Gasteiger partial charge is 0.411 e. The monoisotopic (exact) mass is 682 g/mol. The van der Waals surface area contributed by atoms with Crippen LogP contribution >= 0.6 is 0 Å². The van der Waals surface area contributed by atoms with Crippen LogP contribution in [-0.2, 0) is 28.7 Å². The highest BCUT2D eigenvalue weighted by Crippen LogP contribution is 2.31. The van der Waals surface area contributed by atoms with E-state index in [9.17, 15) is 44.1 Å². The van der Waals surface area contributed by atoms with Crippen molar-refractivity contribution >= 4 is 35.9 Å². The van der Waals surface area contributed by atoms with Gasteiger partial charge in [0, 0.05) is 13.1 Å². The van der Waals surface area contributed by atoms with Crippen molar-refractivity contribution in [1.29, 1.82) is 0 Å². The highest BCUT2D eigenvalue weighted by atomic mass is 16.6. The molecule has 0 aromatic carbocycles. The first kappa shape index (κ1) is 40.3. The average Bonchev–Trinajstić information content (AvgIpc) is 3.46. The van der Waals surface area contributed by atoms with Crippen LogP contribution in [0.25, 0.3) is 0 Å². The van der Waals surface area contributed by atoms with Gasteiger partial charge in [0.2, 0.25) is 11.8 Å². The molecule has 1 fully saturated rings. The van der Waals surface area contributed by atoms with Gasteiger partial charge < -0.3 is 40.3 Å². The molecule has 4 atom stereocenters. The lowest BCUT2D eigenvalue weighted by molar-refractivity contribution is -0.150. The second-order valence-corrected chi connectivity index (χ2v) is 14.4. The largest absolute Gasteiger partial charge is 0.480 e. The highest BCUT2D eigenvalue weighted by molar-refractivity contribution is 5.94. The SMILES string of the molecule is CC(C)(C)OC(=O)NCCCC[C@H](NC(=O)[C@@H]1C=CCN1C(=O)[C@@H](CC1CCCCC1)N(CC(=O)O)C(=O)OC(C)(C)C)C(O)C(=O)O. The number of hydrogen-bond donors (Lipinski definition) is 5. The van der Waals surface area contributed by atoms with E-state index in [0.29, 0.717) is 12.8 Å². The summed E-state index contributed by atoms with van der Waals surface area (Å²) in [4.78, 5) is 78.7. The summed E-state index contributed by atoms with van der Waals surface area (Å²) in [6.07, 6.45) is 5.06. The van der Waals surface area contributed by atoms with Gasteiger partial charge in [-0.15, -0.1) is 0 Å². The van der Waals surface area contributed by atoms with Crippen molar-refractivity contribution in [3.05, 3.63) is 12.2 Å². The third-order valence-corrected chi connectivity index (χ3v) is 7.96. The van der Waals surface area contributed by atoms with Crippen molar-refractivity contribution in [3.8, 4) is 0 Å². The number of carboxylic acids is 2. The van der Waals surface area contributed by atoms with Gasteiger partial charge in [-0.1, -0.05) is 44.3 Å². The molecule has 0 aromatic rings. The Morgan fingerprint density at radius 2 is 1.56 bits per heavy atom. The number of nitrogens with zero attached hydrogens (tertiary/aromatic N) is 2. The number of alkyl carbamates (subject to hydrolysis) is 1. The van der Waals surface area contributed by atoms with Crippen LogP contribution in [0, 0.1) is 5.92 Å². The molecule has 272 valence electrons. The molecule has 1 heterocycles. The zero-order valence-corrected chi connectivity index (χ0v) is 29.0. The lowest BCUT2D eigenvalue weighted by atomic mass is 9.84. The Hall–Kier alpha value is -3.88. The van der Waals surface area contributed by atoms with Crippen molar-refractivity contribution in [2.24, 2.45) is 5.92 Å². The first-order chi connectivity index (χ1) is 22.3. The lowest BCUT2D eigenvalue weighted by Crippen LogP contribution is -2.58. The van der Waals surface area contributed by atoms with Gasteiger partial charge in [0.15, 0.2) is 6.10 Å². The molecule has 1 saturated carbocycles. The van der Waals surface area contributed by atoms with Gasteiger partial charge in [0.1, 0.15) is 29.8 Å². The maximum Gasteiger partial charge on any atom is 0.411 e. The molecule has 1 aliphatic carbocycles. The molecule has 5 N–H and O–H groups in total. The number of aliphatic hydroxyl groups is 1. The van der Waals surface area contributed by atoms with Crippen molar-refractivity contribution in [3.63, 3.8) is 0 Å². The van der Waals surface area contributed by atoms with Crippen LogP contribution in [0.3, 0.4) is 0 Å². The molecule has 1 aliphatic heterocycles. The number of carboxylic acid groups (broad SMARTS) is 2. The van der Waals surface area contributed by atoms with E-state index < -0.39 is 77.9 Å². The van der Waals surface area contributed by atoms with Crippen LogP contribution in [0.2, 0.25) is 0 Å². The molecular formula is C33H54N4O11. The second kappa shape index (κ2) is 18.0. The predicted molar refractivity (Wildman–Crippen MR) is 174 cm³/mol. The molecule has 15 heteroatoms. The van der Waals surface area contributed by atoms with E-state index >= 15 is 0 Å². The number of rotatable bonds is 15. The first-order valence-corrected chi connectivity index (χ1v) is 16.7. The zero-order chi connectivity index (χ0) is 36.2. The molecular weight excluding hydrogens is 628 g/mol. The van der Waals surface area contributed by atoms with E-state index in [4.69, 9.17) is 9.47 Å². The molecule has 15 nitrogen and oxygen atoms in total. The molecule has 0 aromatic heterocycles. The minimum absolute atomic E-state index is 0.00416. The minimum Gasteiger partial charge on any atom is -0.480 e. The predicted octanol–water partition coefficient (Wildman–Crippen LogP) is 3.04. The fourth-order valence-electron chi connectivity index (χ4n) is 5.78. The van der Waals surface area contributed by atoms with Gasteiger partial charge in [-0.25, -0.2) is 14.4 Å². The van der Waals surface area contributed by atoms with Gasteiger partial charge in [-0.2, -0.15) is 0 Å². The standard InChI is InChI=1S/C33H54N4O11/c1-32(2,3)47-30(45)34-17-11-10-15-22(26(40)29(43)44)35-27(41)23-16-12-18-36(23)28(42)24(19-21-13-8-7-9-14-21)37(20-25(38)39)31(46)48-33(4,5)6/h12,16,21-24,26,40H,7-11,13-15,17-20H2,1-6H3,(H,34,45)(H,35,41)(H,38,39)(H,43,44)/t22-,23-,24+,26?/m0/s1. The van der Waals surface area contributed by atoms with E-state index in [-0.39, 0.29) is 31.8 Å². The van der Waals surface area contributed by atoms with Gasteiger partial charge in [-0.3, -0.25) is 19.3 Å². The number of nitrogens with one attached hydrogen (secondary N) is 2. The van der Waals surface area contributed by atoms with Crippen LogP contribution in [0.15, 0.2) is 12.2 Å². The van der Waals surface area contributed by atoms with Crippen molar-refractivity contribution in [1.82, 2.24) is 20.4 Å². The van der Waals surface area contributed by atoms with Gasteiger partial charge >= 0.3 is 24.1 Å². The third-order valence-electron chi connectivity index (χ3n) is 7.96. The second-order valence-electron chi connectivity index (χ2n) is 14.4. The van der Waals surface area contributed by atoms with Crippen LogP contribution in [0.4, 0.5) is 9.59 Å². The number of ether oxygens (including phenoxy) is 2. The summed E-state index contributed by atoms with van der Waals surface area (Å²) in [6.45, 7) is 9.51. The molecule has 2 rings (SSSR count). The Morgan fingerprint density at radius 1 is 0.938 bits per heavy atom. The van der Waals surface area contributed by atoms with Crippen molar-refractivity contribution < 1.29 is 53.6 Å². The van der Waals surface area contributed by atoms with Crippen LogP contribution in [-0.4, -0.2) is 116 Å². The average molecular weight is 683 g/mol. The summed E-state index contributed by atoms with van der Waals surface area (Å²) in [5.74, 6) is -4.21. The molecule has 0 radical (unpaired) electrons. The van der Waals surface area contributed by atoms with Crippen LogP contribution in [0.1, 0.15) is 99.3 Å². The van der Waals surface area contributed by atoms with E-state index in [1.807, 2.05) is 0 Å². The number of hydrogen-bond acceptors (Lipinski definition) is 9. The normalized spacial score (nSPS) is 18.7. The summed E-state index contributed by atoms with van der Waals surface area (Å²) in [5.41, 5.74) is -1.63. The Morgan fingerprint density at radius 3 is 2.12 bits per heavy atom. The molecule has 0 spiro atoms.